The molecule has 0 aliphatic heterocycles. The van der Waals surface area contributed by atoms with E-state index in [0.29, 0.717) is 33.5 Å². The Morgan fingerprint density at radius 2 is 1.64 bits per heavy atom. The minimum atomic E-state index is -0.374. The number of rotatable bonds is 5. The van der Waals surface area contributed by atoms with Crippen molar-refractivity contribution in [1.29, 1.82) is 0 Å². The average Bonchev–Trinajstić information content (AvgIpc) is 2.55. The van der Waals surface area contributed by atoms with Crippen LogP contribution in [0.1, 0.15) is 10.4 Å². The molecule has 0 aromatic heterocycles. The largest absolute Gasteiger partial charge is 0.497 e. The lowest BCUT2D eigenvalue weighted by atomic mass is 10.1. The first-order chi connectivity index (χ1) is 10.6. The Labute approximate surface area is 133 Å². The van der Waals surface area contributed by atoms with Gasteiger partial charge in [-0.15, -0.1) is 0 Å². The van der Waals surface area contributed by atoms with Crippen LogP contribution < -0.4 is 19.5 Å². The van der Waals surface area contributed by atoms with E-state index in [9.17, 15) is 4.79 Å². The minimum Gasteiger partial charge on any atom is -0.497 e. The lowest BCUT2D eigenvalue weighted by Gasteiger charge is -2.14. The third kappa shape index (κ3) is 3.26. The van der Waals surface area contributed by atoms with Crippen molar-refractivity contribution in [3.8, 4) is 17.2 Å². The zero-order chi connectivity index (χ0) is 16.1. The molecule has 0 aliphatic rings. The van der Waals surface area contributed by atoms with Crippen molar-refractivity contribution in [1.82, 2.24) is 0 Å². The van der Waals surface area contributed by atoms with E-state index in [1.807, 2.05) is 0 Å². The highest BCUT2D eigenvalue weighted by molar-refractivity contribution is 6.34. The maximum Gasteiger partial charge on any atom is 0.263 e. The molecular weight excluding hydrogens is 306 g/mol. The number of ether oxygens (including phenoxy) is 3. The summed E-state index contributed by atoms with van der Waals surface area (Å²) in [5.74, 6) is 1.07. The Bertz CT molecular complexity index is 666. The van der Waals surface area contributed by atoms with Gasteiger partial charge < -0.3 is 19.5 Å². The molecule has 116 valence electrons. The van der Waals surface area contributed by atoms with Crippen LogP contribution in [-0.4, -0.2) is 27.2 Å². The first-order valence-electron chi connectivity index (χ1n) is 6.46. The van der Waals surface area contributed by atoms with Crippen LogP contribution in [0.25, 0.3) is 0 Å². The molecule has 0 atom stereocenters. The third-order valence-corrected chi connectivity index (χ3v) is 3.39. The Kier molecular flexibility index (Phi) is 5.12. The number of halogens is 1. The van der Waals surface area contributed by atoms with Crippen molar-refractivity contribution < 1.29 is 19.0 Å². The van der Waals surface area contributed by atoms with Crippen molar-refractivity contribution in [2.45, 2.75) is 0 Å². The maximum atomic E-state index is 12.5. The van der Waals surface area contributed by atoms with E-state index in [0.717, 1.165) is 0 Å². The highest BCUT2D eigenvalue weighted by atomic mass is 35.5. The normalized spacial score (nSPS) is 10.0. The molecule has 5 nitrogen and oxygen atoms in total. The van der Waals surface area contributed by atoms with E-state index in [1.165, 1.54) is 14.2 Å². The molecule has 2 aromatic rings. The highest BCUT2D eigenvalue weighted by Crippen LogP contribution is 2.31. The predicted molar refractivity (Wildman–Crippen MR) is 85.5 cm³/mol. The summed E-state index contributed by atoms with van der Waals surface area (Å²) in [6.45, 7) is 0. The molecule has 0 saturated carbocycles. The van der Waals surface area contributed by atoms with Gasteiger partial charge in [0.25, 0.3) is 5.91 Å². The first-order valence-corrected chi connectivity index (χ1v) is 6.84. The summed E-state index contributed by atoms with van der Waals surface area (Å²) in [4.78, 5) is 12.5. The van der Waals surface area contributed by atoms with Crippen LogP contribution in [0.2, 0.25) is 5.02 Å². The van der Waals surface area contributed by atoms with Gasteiger partial charge >= 0.3 is 0 Å². The fraction of sp³-hybridized carbons (Fsp3) is 0.188. The molecule has 1 N–H and O–H groups in total. The van der Waals surface area contributed by atoms with Crippen LogP contribution in [0.4, 0.5) is 5.69 Å². The third-order valence-electron chi connectivity index (χ3n) is 3.08. The van der Waals surface area contributed by atoms with Gasteiger partial charge in [-0.05, 0) is 24.3 Å². The molecule has 2 aromatic carbocycles. The van der Waals surface area contributed by atoms with Gasteiger partial charge in [0.1, 0.15) is 22.8 Å². The van der Waals surface area contributed by atoms with Crippen LogP contribution in [-0.2, 0) is 0 Å². The second-order valence-electron chi connectivity index (χ2n) is 4.34. The van der Waals surface area contributed by atoms with Gasteiger partial charge in [0.2, 0.25) is 0 Å². The van der Waals surface area contributed by atoms with Crippen molar-refractivity contribution in [2.24, 2.45) is 0 Å². The van der Waals surface area contributed by atoms with Crippen molar-refractivity contribution >= 4 is 23.2 Å². The van der Waals surface area contributed by atoms with Gasteiger partial charge in [-0.25, -0.2) is 0 Å². The minimum absolute atomic E-state index is 0.305. The number of benzene rings is 2. The second-order valence-corrected chi connectivity index (χ2v) is 4.74. The predicted octanol–water partition coefficient (Wildman–Crippen LogP) is 3.62. The number of anilines is 1. The van der Waals surface area contributed by atoms with Crippen LogP contribution in [0.3, 0.4) is 0 Å². The van der Waals surface area contributed by atoms with Crippen molar-refractivity contribution in [3.05, 3.63) is 47.0 Å². The van der Waals surface area contributed by atoms with Crippen LogP contribution in [0.15, 0.2) is 36.4 Å². The molecule has 0 heterocycles. The summed E-state index contributed by atoms with van der Waals surface area (Å²) in [5, 5.41) is 3.12. The Hall–Kier alpha value is -2.40. The molecule has 0 unspecified atom stereocenters. The molecule has 1 amide bonds. The van der Waals surface area contributed by atoms with Gasteiger partial charge in [-0.2, -0.15) is 0 Å². The zero-order valence-corrected chi connectivity index (χ0v) is 13.2. The fourth-order valence-corrected chi connectivity index (χ4v) is 2.20. The van der Waals surface area contributed by atoms with E-state index in [2.05, 4.69) is 5.32 Å². The number of carbonyl (C=O) groups is 1. The molecule has 0 spiro atoms. The summed E-state index contributed by atoms with van der Waals surface area (Å²) in [5.41, 5.74) is 0.778. The number of hydrogen-bond donors (Lipinski definition) is 1. The van der Waals surface area contributed by atoms with Gasteiger partial charge in [0.15, 0.2) is 0 Å². The van der Waals surface area contributed by atoms with Gasteiger partial charge in [0, 0.05) is 6.07 Å². The Balaban J connectivity index is 2.33. The Morgan fingerprint density at radius 1 is 1.00 bits per heavy atom. The summed E-state index contributed by atoms with van der Waals surface area (Å²) < 4.78 is 15.5. The number of nitrogens with one attached hydrogen (secondary N) is 1. The van der Waals surface area contributed by atoms with Crippen LogP contribution in [0.5, 0.6) is 17.2 Å². The van der Waals surface area contributed by atoms with Gasteiger partial charge in [-0.1, -0.05) is 17.7 Å². The number of amides is 1. The summed E-state index contributed by atoms with van der Waals surface area (Å²) in [7, 11) is 4.53. The topological polar surface area (TPSA) is 56.8 Å². The fourth-order valence-electron chi connectivity index (χ4n) is 1.98. The maximum absolute atomic E-state index is 12.5. The monoisotopic (exact) mass is 321 g/mol. The van der Waals surface area contributed by atoms with Crippen molar-refractivity contribution in [3.63, 3.8) is 0 Å². The SMILES string of the molecule is COc1ccc(NC(=O)c2c(OC)cccc2OC)c(Cl)c1. The van der Waals surface area contributed by atoms with Gasteiger partial charge in [-0.3, -0.25) is 4.79 Å². The van der Waals surface area contributed by atoms with E-state index in [1.54, 1.807) is 43.5 Å². The smallest absolute Gasteiger partial charge is 0.263 e. The highest BCUT2D eigenvalue weighted by Gasteiger charge is 2.19. The number of hydrogen-bond acceptors (Lipinski definition) is 4. The number of carbonyl (C=O) groups excluding carboxylic acids is 1. The molecular formula is C16H16ClNO4. The molecule has 0 radical (unpaired) electrons. The van der Waals surface area contributed by atoms with Crippen LogP contribution in [0, 0.1) is 0 Å². The average molecular weight is 322 g/mol. The molecule has 6 heteroatoms. The summed E-state index contributed by atoms with van der Waals surface area (Å²) in [6, 6.07) is 10.1. The van der Waals surface area contributed by atoms with E-state index >= 15 is 0 Å². The molecule has 0 saturated heterocycles. The van der Waals surface area contributed by atoms with Crippen molar-refractivity contribution in [2.75, 3.05) is 26.6 Å². The molecule has 0 aliphatic carbocycles. The van der Waals surface area contributed by atoms with Crippen LogP contribution >= 0.6 is 11.6 Å². The standard InChI is InChI=1S/C16H16ClNO4/c1-20-10-7-8-12(11(17)9-10)18-16(19)15-13(21-2)5-4-6-14(15)22-3/h4-9H,1-3H3,(H,18,19). The lowest BCUT2D eigenvalue weighted by molar-refractivity contribution is 0.102. The lowest BCUT2D eigenvalue weighted by Crippen LogP contribution is -2.14. The number of methoxy groups -OCH3 is 3. The van der Waals surface area contributed by atoms with Gasteiger partial charge in [0.05, 0.1) is 32.0 Å². The molecule has 0 fully saturated rings. The first kappa shape index (κ1) is 16.0. The zero-order valence-electron chi connectivity index (χ0n) is 12.5. The van der Waals surface area contributed by atoms with E-state index in [4.69, 9.17) is 25.8 Å². The molecule has 2 rings (SSSR count). The van der Waals surface area contributed by atoms with E-state index < -0.39 is 0 Å². The molecule has 22 heavy (non-hydrogen) atoms. The summed E-state index contributed by atoms with van der Waals surface area (Å²) in [6.07, 6.45) is 0. The molecule has 0 bridgehead atoms. The second kappa shape index (κ2) is 7.04. The Morgan fingerprint density at radius 3 is 2.14 bits per heavy atom. The van der Waals surface area contributed by atoms with E-state index in [-0.39, 0.29) is 5.91 Å². The summed E-state index contributed by atoms with van der Waals surface area (Å²) >= 11 is 6.13. The quantitative estimate of drug-likeness (QED) is 0.914.